The summed E-state index contributed by atoms with van der Waals surface area (Å²) < 4.78 is 5.05. The number of halogens is 1. The Kier molecular flexibility index (Phi) is 2.47. The van der Waals surface area contributed by atoms with Crippen molar-refractivity contribution < 1.29 is 9.73 Å². The number of benzene rings is 1. The van der Waals surface area contributed by atoms with Crippen molar-refractivity contribution in [3.8, 4) is 0 Å². The SMILES string of the molecule is NC(Cc1noc2ccc(Cl)cc12)=NO. The first-order valence-corrected chi connectivity index (χ1v) is 4.58. The molecule has 78 valence electrons. The minimum atomic E-state index is 0.0742. The van der Waals surface area contributed by atoms with Crippen LogP contribution in [0, 0.1) is 0 Å². The molecule has 0 radical (unpaired) electrons. The third kappa shape index (κ3) is 1.87. The molecule has 1 heterocycles. The first-order valence-electron chi connectivity index (χ1n) is 4.21. The molecule has 0 atom stereocenters. The van der Waals surface area contributed by atoms with E-state index in [-0.39, 0.29) is 12.3 Å². The fourth-order valence-corrected chi connectivity index (χ4v) is 1.47. The molecule has 0 fully saturated rings. The maximum atomic E-state index is 8.44. The molecule has 0 spiro atoms. The summed E-state index contributed by atoms with van der Waals surface area (Å²) in [5.41, 5.74) is 6.60. The smallest absolute Gasteiger partial charge is 0.167 e. The Bertz CT molecular complexity index is 521. The van der Waals surface area contributed by atoms with Gasteiger partial charge in [0.25, 0.3) is 0 Å². The van der Waals surface area contributed by atoms with Crippen LogP contribution in [0.1, 0.15) is 5.69 Å². The molecule has 0 unspecified atom stereocenters. The van der Waals surface area contributed by atoms with Crippen LogP contribution in [0.25, 0.3) is 11.0 Å². The lowest BCUT2D eigenvalue weighted by Gasteiger charge is -1.94. The van der Waals surface area contributed by atoms with Gasteiger partial charge in [-0.15, -0.1) is 0 Å². The molecule has 0 saturated carbocycles. The molecule has 5 nitrogen and oxygen atoms in total. The van der Waals surface area contributed by atoms with Gasteiger partial charge in [0.2, 0.25) is 0 Å². The number of aromatic nitrogens is 1. The maximum absolute atomic E-state index is 8.44. The average molecular weight is 226 g/mol. The maximum Gasteiger partial charge on any atom is 0.167 e. The second-order valence-corrected chi connectivity index (χ2v) is 3.47. The summed E-state index contributed by atoms with van der Waals surface area (Å²) in [5.74, 6) is 0.0742. The van der Waals surface area contributed by atoms with Gasteiger partial charge in [-0.3, -0.25) is 0 Å². The van der Waals surface area contributed by atoms with E-state index in [2.05, 4.69) is 10.3 Å². The minimum Gasteiger partial charge on any atom is -0.409 e. The van der Waals surface area contributed by atoms with Gasteiger partial charge < -0.3 is 15.5 Å². The fraction of sp³-hybridized carbons (Fsp3) is 0.111. The second kappa shape index (κ2) is 3.78. The number of nitrogens with two attached hydrogens (primary N) is 1. The topological polar surface area (TPSA) is 84.6 Å². The summed E-state index contributed by atoms with van der Waals surface area (Å²) in [5, 5.41) is 16.5. The van der Waals surface area contributed by atoms with E-state index in [1.807, 2.05) is 0 Å². The summed E-state index contributed by atoms with van der Waals surface area (Å²) in [7, 11) is 0. The van der Waals surface area contributed by atoms with Gasteiger partial charge >= 0.3 is 0 Å². The predicted octanol–water partition coefficient (Wildman–Crippen LogP) is 1.77. The Morgan fingerprint density at radius 3 is 3.13 bits per heavy atom. The number of hydrogen-bond donors (Lipinski definition) is 2. The number of hydrogen-bond acceptors (Lipinski definition) is 4. The highest BCUT2D eigenvalue weighted by Gasteiger charge is 2.10. The molecule has 2 aromatic rings. The molecule has 0 amide bonds. The van der Waals surface area contributed by atoms with E-state index in [0.29, 0.717) is 16.3 Å². The van der Waals surface area contributed by atoms with Crippen molar-refractivity contribution in [2.75, 3.05) is 0 Å². The van der Waals surface area contributed by atoms with Crippen LogP contribution in [-0.2, 0) is 6.42 Å². The van der Waals surface area contributed by atoms with Gasteiger partial charge in [-0.2, -0.15) is 0 Å². The number of nitrogens with zero attached hydrogens (tertiary/aromatic N) is 2. The zero-order chi connectivity index (χ0) is 10.8. The number of rotatable bonds is 2. The van der Waals surface area contributed by atoms with Crippen LogP contribution in [0.15, 0.2) is 27.9 Å². The quantitative estimate of drug-likeness (QED) is 0.353. The number of fused-ring (bicyclic) bond motifs is 1. The monoisotopic (exact) mass is 225 g/mol. The van der Waals surface area contributed by atoms with Crippen LogP contribution >= 0.6 is 11.6 Å². The van der Waals surface area contributed by atoms with Gasteiger partial charge in [-0.1, -0.05) is 21.9 Å². The molecule has 0 aliphatic heterocycles. The van der Waals surface area contributed by atoms with Gasteiger partial charge in [0.15, 0.2) is 5.58 Å². The lowest BCUT2D eigenvalue weighted by atomic mass is 10.1. The van der Waals surface area contributed by atoms with Crippen molar-refractivity contribution in [1.82, 2.24) is 5.16 Å². The van der Waals surface area contributed by atoms with Crippen molar-refractivity contribution in [3.63, 3.8) is 0 Å². The van der Waals surface area contributed by atoms with Crippen molar-refractivity contribution in [2.24, 2.45) is 10.9 Å². The van der Waals surface area contributed by atoms with Crippen LogP contribution in [0.4, 0.5) is 0 Å². The van der Waals surface area contributed by atoms with E-state index in [1.165, 1.54) is 0 Å². The van der Waals surface area contributed by atoms with E-state index in [4.69, 9.17) is 27.1 Å². The third-order valence-corrected chi connectivity index (χ3v) is 2.22. The van der Waals surface area contributed by atoms with Gasteiger partial charge in [-0.05, 0) is 18.2 Å². The summed E-state index contributed by atoms with van der Waals surface area (Å²) in [6.07, 6.45) is 0.226. The van der Waals surface area contributed by atoms with Gasteiger partial charge in [0.05, 0.1) is 12.1 Å². The van der Waals surface area contributed by atoms with E-state index < -0.39 is 0 Å². The Morgan fingerprint density at radius 2 is 2.40 bits per heavy atom. The predicted molar refractivity (Wildman–Crippen MR) is 56.1 cm³/mol. The Morgan fingerprint density at radius 1 is 1.60 bits per heavy atom. The van der Waals surface area contributed by atoms with E-state index in [1.54, 1.807) is 18.2 Å². The largest absolute Gasteiger partial charge is 0.409 e. The third-order valence-electron chi connectivity index (χ3n) is 1.98. The number of amidine groups is 1. The van der Waals surface area contributed by atoms with Crippen molar-refractivity contribution in [2.45, 2.75) is 6.42 Å². The van der Waals surface area contributed by atoms with E-state index >= 15 is 0 Å². The lowest BCUT2D eigenvalue weighted by molar-refractivity contribution is 0.317. The molecule has 0 bridgehead atoms. The van der Waals surface area contributed by atoms with Crippen molar-refractivity contribution >= 4 is 28.4 Å². The molecule has 1 aromatic carbocycles. The van der Waals surface area contributed by atoms with E-state index in [9.17, 15) is 0 Å². The summed E-state index contributed by atoms with van der Waals surface area (Å²) in [6.45, 7) is 0. The fourth-order valence-electron chi connectivity index (χ4n) is 1.30. The molecule has 15 heavy (non-hydrogen) atoms. The molecule has 0 saturated heterocycles. The van der Waals surface area contributed by atoms with Crippen LogP contribution in [0.5, 0.6) is 0 Å². The Labute approximate surface area is 90.1 Å². The molecule has 0 aliphatic rings. The molecular formula is C9H8ClN3O2. The molecule has 3 N–H and O–H groups in total. The molecule has 2 rings (SSSR count). The highest BCUT2D eigenvalue weighted by molar-refractivity contribution is 6.31. The van der Waals surface area contributed by atoms with Crippen LogP contribution in [-0.4, -0.2) is 16.2 Å². The summed E-state index contributed by atoms with van der Waals surface area (Å²) >= 11 is 5.84. The molecular weight excluding hydrogens is 218 g/mol. The molecule has 1 aromatic heterocycles. The van der Waals surface area contributed by atoms with Gasteiger partial charge in [0.1, 0.15) is 5.84 Å². The summed E-state index contributed by atoms with van der Waals surface area (Å²) in [6, 6.07) is 5.16. The van der Waals surface area contributed by atoms with Crippen molar-refractivity contribution in [3.05, 3.63) is 28.9 Å². The normalized spacial score (nSPS) is 12.2. The Hall–Kier alpha value is -1.75. The van der Waals surface area contributed by atoms with Crippen LogP contribution < -0.4 is 5.73 Å². The summed E-state index contributed by atoms with van der Waals surface area (Å²) in [4.78, 5) is 0. The molecule has 6 heteroatoms. The highest BCUT2D eigenvalue weighted by atomic mass is 35.5. The minimum absolute atomic E-state index is 0.0742. The van der Waals surface area contributed by atoms with Crippen LogP contribution in [0.2, 0.25) is 5.02 Å². The first-order chi connectivity index (χ1) is 7.20. The highest BCUT2D eigenvalue weighted by Crippen LogP contribution is 2.22. The Balaban J connectivity index is 2.48. The number of oxime groups is 1. The van der Waals surface area contributed by atoms with Gasteiger partial charge in [-0.25, -0.2) is 0 Å². The first kappa shape index (κ1) is 9.79. The average Bonchev–Trinajstić information content (AvgIpc) is 2.61. The van der Waals surface area contributed by atoms with E-state index in [0.717, 1.165) is 5.39 Å². The second-order valence-electron chi connectivity index (χ2n) is 3.04. The van der Waals surface area contributed by atoms with Gasteiger partial charge in [0, 0.05) is 10.4 Å². The van der Waals surface area contributed by atoms with Crippen molar-refractivity contribution in [1.29, 1.82) is 0 Å². The van der Waals surface area contributed by atoms with Crippen LogP contribution in [0.3, 0.4) is 0 Å². The molecule has 0 aliphatic carbocycles. The zero-order valence-electron chi connectivity index (χ0n) is 7.64. The zero-order valence-corrected chi connectivity index (χ0v) is 8.40. The standard InChI is InChI=1S/C9H8ClN3O2/c10-5-1-2-8-6(3-5)7(13-15-8)4-9(11)12-14/h1-3,14H,4H2,(H2,11,12). The lowest BCUT2D eigenvalue weighted by Crippen LogP contribution is -2.14.